The van der Waals surface area contributed by atoms with Crippen molar-refractivity contribution in [3.63, 3.8) is 0 Å². The molecule has 138 valence electrons. The van der Waals surface area contributed by atoms with Gasteiger partial charge in [-0.15, -0.1) is 0 Å². The SMILES string of the molecule is CC(C)(CC(=O)N1CCN(C(=O)c2ccco2)CC1)c1ccc(Cl)cc1. The normalized spacial score (nSPS) is 15.2. The summed E-state index contributed by atoms with van der Waals surface area (Å²) < 4.78 is 5.16. The summed E-state index contributed by atoms with van der Waals surface area (Å²) in [6.07, 6.45) is 1.91. The highest BCUT2D eigenvalue weighted by Gasteiger charge is 2.30. The zero-order chi connectivity index (χ0) is 18.7. The molecule has 1 aromatic carbocycles. The van der Waals surface area contributed by atoms with Crippen molar-refractivity contribution in [2.24, 2.45) is 0 Å². The third-order valence-corrected chi connectivity index (χ3v) is 5.12. The molecule has 0 atom stereocenters. The molecule has 0 N–H and O–H groups in total. The zero-order valence-electron chi connectivity index (χ0n) is 15.1. The molecule has 2 aromatic rings. The number of halogens is 1. The van der Waals surface area contributed by atoms with Crippen LogP contribution in [0.4, 0.5) is 0 Å². The molecule has 0 aliphatic carbocycles. The molecule has 5 nitrogen and oxygen atoms in total. The van der Waals surface area contributed by atoms with Crippen LogP contribution in [0, 0.1) is 0 Å². The number of hydrogen-bond acceptors (Lipinski definition) is 3. The number of rotatable bonds is 4. The Morgan fingerprint density at radius 3 is 2.23 bits per heavy atom. The van der Waals surface area contributed by atoms with Crippen molar-refractivity contribution in [3.8, 4) is 0 Å². The van der Waals surface area contributed by atoms with E-state index in [4.69, 9.17) is 16.0 Å². The second kappa shape index (κ2) is 7.54. The van der Waals surface area contributed by atoms with E-state index in [0.717, 1.165) is 5.56 Å². The van der Waals surface area contributed by atoms with Gasteiger partial charge in [-0.2, -0.15) is 0 Å². The molecule has 0 radical (unpaired) electrons. The maximum Gasteiger partial charge on any atom is 0.289 e. The molecule has 26 heavy (non-hydrogen) atoms. The van der Waals surface area contributed by atoms with Crippen molar-refractivity contribution in [1.29, 1.82) is 0 Å². The zero-order valence-corrected chi connectivity index (χ0v) is 15.8. The van der Waals surface area contributed by atoms with Crippen molar-refractivity contribution < 1.29 is 14.0 Å². The number of carbonyl (C=O) groups is 2. The number of benzene rings is 1. The minimum absolute atomic E-state index is 0.107. The lowest BCUT2D eigenvalue weighted by Gasteiger charge is -2.36. The van der Waals surface area contributed by atoms with Crippen LogP contribution >= 0.6 is 11.6 Å². The predicted molar refractivity (Wildman–Crippen MR) is 100 cm³/mol. The minimum Gasteiger partial charge on any atom is -0.459 e. The molecule has 1 aliphatic heterocycles. The summed E-state index contributed by atoms with van der Waals surface area (Å²) in [6.45, 7) is 6.25. The molecule has 1 saturated heterocycles. The number of piperazine rings is 1. The van der Waals surface area contributed by atoms with E-state index in [2.05, 4.69) is 13.8 Å². The third-order valence-electron chi connectivity index (χ3n) is 4.87. The Kier molecular flexibility index (Phi) is 5.37. The highest BCUT2D eigenvalue weighted by molar-refractivity contribution is 6.30. The number of nitrogens with zero attached hydrogens (tertiary/aromatic N) is 2. The van der Waals surface area contributed by atoms with Gasteiger partial charge in [0.15, 0.2) is 5.76 Å². The van der Waals surface area contributed by atoms with Crippen molar-refractivity contribution in [3.05, 3.63) is 59.0 Å². The lowest BCUT2D eigenvalue weighted by atomic mass is 9.81. The van der Waals surface area contributed by atoms with E-state index < -0.39 is 0 Å². The van der Waals surface area contributed by atoms with Gasteiger partial charge < -0.3 is 14.2 Å². The van der Waals surface area contributed by atoms with Gasteiger partial charge in [-0.3, -0.25) is 9.59 Å². The fourth-order valence-electron chi connectivity index (χ4n) is 3.21. The summed E-state index contributed by atoms with van der Waals surface area (Å²) in [6, 6.07) is 11.0. The molecule has 1 aromatic heterocycles. The number of carbonyl (C=O) groups excluding carboxylic acids is 2. The summed E-state index contributed by atoms with van der Waals surface area (Å²) in [4.78, 5) is 28.6. The second-order valence-corrected chi connectivity index (χ2v) is 7.65. The first-order chi connectivity index (χ1) is 12.4. The van der Waals surface area contributed by atoms with E-state index in [0.29, 0.717) is 43.4 Å². The van der Waals surface area contributed by atoms with E-state index in [1.54, 1.807) is 17.0 Å². The maximum absolute atomic E-state index is 12.7. The summed E-state index contributed by atoms with van der Waals surface area (Å²) >= 11 is 5.95. The van der Waals surface area contributed by atoms with E-state index >= 15 is 0 Å². The molecule has 6 heteroatoms. The Morgan fingerprint density at radius 1 is 1.04 bits per heavy atom. The molecule has 1 aliphatic rings. The Morgan fingerprint density at radius 2 is 1.65 bits per heavy atom. The molecule has 2 amide bonds. The van der Waals surface area contributed by atoms with Gasteiger partial charge in [0.25, 0.3) is 5.91 Å². The second-order valence-electron chi connectivity index (χ2n) is 7.22. The average Bonchev–Trinajstić information content (AvgIpc) is 3.16. The van der Waals surface area contributed by atoms with Gasteiger partial charge >= 0.3 is 0 Å². The fraction of sp³-hybridized carbons (Fsp3) is 0.400. The summed E-state index contributed by atoms with van der Waals surface area (Å²) in [5.74, 6) is 0.326. The van der Waals surface area contributed by atoms with E-state index in [1.807, 2.05) is 29.2 Å². The van der Waals surface area contributed by atoms with Crippen LogP contribution in [0.2, 0.25) is 5.02 Å². The number of hydrogen-bond donors (Lipinski definition) is 0. The van der Waals surface area contributed by atoms with Crippen LogP contribution in [0.1, 0.15) is 36.4 Å². The average molecular weight is 375 g/mol. The summed E-state index contributed by atoms with van der Waals surface area (Å²) in [5.41, 5.74) is 0.810. The van der Waals surface area contributed by atoms with E-state index in [9.17, 15) is 9.59 Å². The van der Waals surface area contributed by atoms with E-state index in [-0.39, 0.29) is 17.2 Å². The van der Waals surface area contributed by atoms with Gasteiger partial charge in [0.1, 0.15) is 0 Å². The first kappa shape index (κ1) is 18.5. The Hall–Kier alpha value is -2.27. The Bertz CT molecular complexity index is 761. The standard InChI is InChI=1S/C20H23ClN2O3/c1-20(2,15-5-7-16(21)8-6-15)14-18(24)22-9-11-23(12-10-22)19(25)17-4-3-13-26-17/h3-8,13H,9-12,14H2,1-2H3. The van der Waals surface area contributed by atoms with Gasteiger partial charge in [-0.05, 0) is 35.2 Å². The summed E-state index contributed by atoms with van der Waals surface area (Å²) in [7, 11) is 0. The Labute approximate surface area is 158 Å². The Balaban J connectivity index is 1.56. The number of amides is 2. The molecule has 0 spiro atoms. The molecule has 3 rings (SSSR count). The first-order valence-electron chi connectivity index (χ1n) is 8.73. The topological polar surface area (TPSA) is 53.8 Å². The predicted octanol–water partition coefficient (Wildman–Crippen LogP) is 3.59. The van der Waals surface area contributed by atoms with Gasteiger partial charge in [-0.25, -0.2) is 0 Å². The minimum atomic E-state index is -0.275. The van der Waals surface area contributed by atoms with Crippen LogP contribution in [0.15, 0.2) is 47.1 Å². The molecule has 0 saturated carbocycles. The quantitative estimate of drug-likeness (QED) is 0.821. The fourth-order valence-corrected chi connectivity index (χ4v) is 3.33. The van der Waals surface area contributed by atoms with Crippen molar-refractivity contribution >= 4 is 23.4 Å². The van der Waals surface area contributed by atoms with Crippen LogP contribution in [-0.4, -0.2) is 47.8 Å². The van der Waals surface area contributed by atoms with Gasteiger partial charge in [0.2, 0.25) is 5.91 Å². The van der Waals surface area contributed by atoms with Crippen molar-refractivity contribution in [2.45, 2.75) is 25.7 Å². The largest absolute Gasteiger partial charge is 0.459 e. The monoisotopic (exact) mass is 374 g/mol. The van der Waals surface area contributed by atoms with Gasteiger partial charge in [0, 0.05) is 37.6 Å². The smallest absolute Gasteiger partial charge is 0.289 e. The third kappa shape index (κ3) is 4.10. The molecule has 0 bridgehead atoms. The van der Waals surface area contributed by atoms with Crippen LogP contribution in [-0.2, 0) is 10.2 Å². The summed E-state index contributed by atoms with van der Waals surface area (Å²) in [5, 5.41) is 0.688. The molecule has 2 heterocycles. The molecule has 0 unspecified atom stereocenters. The lowest BCUT2D eigenvalue weighted by molar-refractivity contribution is -0.133. The number of furan rings is 1. The molecular weight excluding hydrogens is 352 g/mol. The van der Waals surface area contributed by atoms with Gasteiger partial charge in [0.05, 0.1) is 6.26 Å². The molecular formula is C20H23ClN2O3. The van der Waals surface area contributed by atoms with Crippen LogP contribution < -0.4 is 0 Å². The molecule has 1 fully saturated rings. The highest BCUT2D eigenvalue weighted by atomic mass is 35.5. The maximum atomic E-state index is 12.7. The lowest BCUT2D eigenvalue weighted by Crippen LogP contribution is -2.51. The van der Waals surface area contributed by atoms with E-state index in [1.165, 1.54) is 6.26 Å². The van der Waals surface area contributed by atoms with Crippen LogP contribution in [0.5, 0.6) is 0 Å². The van der Waals surface area contributed by atoms with Crippen LogP contribution in [0.3, 0.4) is 0 Å². The van der Waals surface area contributed by atoms with Crippen LogP contribution in [0.25, 0.3) is 0 Å². The highest BCUT2D eigenvalue weighted by Crippen LogP contribution is 2.29. The van der Waals surface area contributed by atoms with Gasteiger partial charge in [-0.1, -0.05) is 37.6 Å². The van der Waals surface area contributed by atoms with Crippen molar-refractivity contribution in [2.75, 3.05) is 26.2 Å². The van der Waals surface area contributed by atoms with Crippen molar-refractivity contribution in [1.82, 2.24) is 9.80 Å². The first-order valence-corrected chi connectivity index (χ1v) is 9.11.